The monoisotopic (exact) mass is 317 g/mol. The first-order valence-corrected chi connectivity index (χ1v) is 6.79. The topological polar surface area (TPSA) is 93.5 Å². The Morgan fingerprint density at radius 3 is 2.43 bits per heavy atom. The van der Waals surface area contributed by atoms with Crippen LogP contribution in [0.2, 0.25) is 5.15 Å². The summed E-state index contributed by atoms with van der Waals surface area (Å²) in [5.41, 5.74) is 0.364. The number of carbonyl (C=O) groups excluding carboxylic acids is 1. The second-order valence-electron chi connectivity index (χ2n) is 5.71. The molecule has 1 heterocycles. The number of halogens is 1. The van der Waals surface area contributed by atoms with Gasteiger partial charge in [0.2, 0.25) is 0 Å². The quantitative estimate of drug-likeness (QED) is 0.889. The van der Waals surface area contributed by atoms with E-state index in [-0.39, 0.29) is 11.6 Å². The zero-order valence-electron chi connectivity index (χ0n) is 12.7. The van der Waals surface area contributed by atoms with Crippen LogP contribution in [0, 0.1) is 6.92 Å². The molecule has 0 aromatic carbocycles. The number of alkyl carbamates (subject to hydrolysis) is 1. The second-order valence-corrected chi connectivity index (χ2v) is 6.07. The molecule has 0 aliphatic carbocycles. The summed E-state index contributed by atoms with van der Waals surface area (Å²) in [6.07, 6.45) is -1.01. The van der Waals surface area contributed by atoms with Crippen LogP contribution in [0.1, 0.15) is 44.5 Å². The predicted octanol–water partition coefficient (Wildman–Crippen LogP) is 2.42. The third-order valence-corrected chi connectivity index (χ3v) is 3.06. The SMILES string of the molecule is Cc1nn(C)c(Cl)c1[C@@H](CC(=O)O)NC(=O)OC(C)(C)C. The Labute approximate surface area is 128 Å². The average molecular weight is 318 g/mol. The zero-order valence-corrected chi connectivity index (χ0v) is 13.5. The summed E-state index contributed by atoms with van der Waals surface area (Å²) in [4.78, 5) is 22.9. The van der Waals surface area contributed by atoms with Crippen molar-refractivity contribution in [2.75, 3.05) is 0 Å². The van der Waals surface area contributed by atoms with Crippen molar-refractivity contribution in [3.8, 4) is 0 Å². The molecule has 8 heteroatoms. The lowest BCUT2D eigenvalue weighted by atomic mass is 10.1. The van der Waals surface area contributed by atoms with Crippen molar-refractivity contribution in [2.45, 2.75) is 45.8 Å². The van der Waals surface area contributed by atoms with Gasteiger partial charge in [-0.2, -0.15) is 5.10 Å². The molecule has 1 rings (SSSR count). The zero-order chi connectivity index (χ0) is 16.4. The van der Waals surface area contributed by atoms with Gasteiger partial charge < -0.3 is 15.2 Å². The van der Waals surface area contributed by atoms with Crippen LogP contribution in [-0.4, -0.2) is 32.6 Å². The minimum Gasteiger partial charge on any atom is -0.481 e. The largest absolute Gasteiger partial charge is 0.481 e. The van der Waals surface area contributed by atoms with E-state index in [1.807, 2.05) is 0 Å². The molecule has 1 aromatic heterocycles. The number of hydrogen-bond acceptors (Lipinski definition) is 4. The molecule has 0 saturated heterocycles. The van der Waals surface area contributed by atoms with Crippen molar-refractivity contribution in [1.29, 1.82) is 0 Å². The number of nitrogens with zero attached hydrogens (tertiary/aromatic N) is 2. The van der Waals surface area contributed by atoms with Crippen LogP contribution < -0.4 is 5.32 Å². The molecule has 118 valence electrons. The fraction of sp³-hybridized carbons (Fsp3) is 0.615. The average Bonchev–Trinajstić information content (AvgIpc) is 2.48. The number of hydrogen-bond donors (Lipinski definition) is 2. The smallest absolute Gasteiger partial charge is 0.408 e. The molecule has 7 nitrogen and oxygen atoms in total. The minimum atomic E-state index is -1.06. The van der Waals surface area contributed by atoms with Gasteiger partial charge in [-0.15, -0.1) is 0 Å². The van der Waals surface area contributed by atoms with Crippen LogP contribution in [-0.2, 0) is 16.6 Å². The van der Waals surface area contributed by atoms with Gasteiger partial charge in [-0.3, -0.25) is 9.48 Å². The fourth-order valence-corrected chi connectivity index (χ4v) is 2.20. The Morgan fingerprint density at radius 2 is 2.05 bits per heavy atom. The molecular formula is C13H20ClN3O4. The Hall–Kier alpha value is -1.76. The Kier molecular flexibility index (Phi) is 5.22. The van der Waals surface area contributed by atoms with Crippen molar-refractivity contribution in [3.05, 3.63) is 16.4 Å². The number of nitrogens with one attached hydrogen (secondary N) is 1. The van der Waals surface area contributed by atoms with E-state index in [9.17, 15) is 9.59 Å². The highest BCUT2D eigenvalue weighted by molar-refractivity contribution is 6.30. The maximum absolute atomic E-state index is 11.9. The van der Waals surface area contributed by atoms with E-state index in [1.165, 1.54) is 4.68 Å². The normalized spacial score (nSPS) is 12.9. The van der Waals surface area contributed by atoms with Gasteiger partial charge in [-0.05, 0) is 27.7 Å². The molecule has 0 radical (unpaired) electrons. The molecule has 1 atom stereocenters. The molecule has 0 spiro atoms. The van der Waals surface area contributed by atoms with Crippen molar-refractivity contribution < 1.29 is 19.4 Å². The highest BCUT2D eigenvalue weighted by Gasteiger charge is 2.27. The lowest BCUT2D eigenvalue weighted by Gasteiger charge is -2.23. The van der Waals surface area contributed by atoms with Crippen LogP contribution >= 0.6 is 11.6 Å². The number of carbonyl (C=O) groups is 2. The van der Waals surface area contributed by atoms with Crippen LogP contribution in [0.25, 0.3) is 0 Å². The summed E-state index contributed by atoms with van der Waals surface area (Å²) in [6.45, 7) is 6.87. The summed E-state index contributed by atoms with van der Waals surface area (Å²) in [6, 6.07) is -0.807. The molecule has 21 heavy (non-hydrogen) atoms. The molecule has 0 aliphatic heterocycles. The van der Waals surface area contributed by atoms with Crippen LogP contribution in [0.5, 0.6) is 0 Å². The maximum atomic E-state index is 11.9. The Balaban J connectivity index is 3.01. The summed E-state index contributed by atoms with van der Waals surface area (Å²) in [7, 11) is 1.64. The molecular weight excluding hydrogens is 298 g/mol. The molecule has 2 N–H and O–H groups in total. The van der Waals surface area contributed by atoms with Gasteiger partial charge >= 0.3 is 12.1 Å². The number of carboxylic acid groups (broad SMARTS) is 1. The van der Waals surface area contributed by atoms with E-state index >= 15 is 0 Å². The number of aromatic nitrogens is 2. The number of aliphatic carboxylic acids is 1. The minimum absolute atomic E-state index is 0.287. The first-order valence-electron chi connectivity index (χ1n) is 6.41. The third kappa shape index (κ3) is 4.93. The van der Waals surface area contributed by atoms with Gasteiger partial charge in [0.1, 0.15) is 10.8 Å². The summed E-state index contributed by atoms with van der Waals surface area (Å²) >= 11 is 6.12. The molecule has 0 bridgehead atoms. The van der Waals surface area contributed by atoms with E-state index in [0.717, 1.165) is 0 Å². The van der Waals surface area contributed by atoms with Gasteiger partial charge in [0.05, 0.1) is 18.2 Å². The van der Waals surface area contributed by atoms with Gasteiger partial charge in [0, 0.05) is 12.6 Å². The van der Waals surface area contributed by atoms with Crippen molar-refractivity contribution in [3.63, 3.8) is 0 Å². The number of aryl methyl sites for hydroxylation is 2. The fourth-order valence-electron chi connectivity index (χ4n) is 1.89. The summed E-state index contributed by atoms with van der Waals surface area (Å²) in [5, 5.41) is 16.0. The summed E-state index contributed by atoms with van der Waals surface area (Å²) < 4.78 is 6.57. The second kappa shape index (κ2) is 6.34. The summed E-state index contributed by atoms with van der Waals surface area (Å²) in [5.74, 6) is -1.06. The van der Waals surface area contributed by atoms with E-state index in [4.69, 9.17) is 21.4 Å². The standard InChI is InChI=1S/C13H20ClN3O4/c1-7-10(11(14)17(5)16-7)8(6-9(18)19)15-12(20)21-13(2,3)4/h8H,6H2,1-5H3,(H,15,20)(H,18,19)/t8-/m1/s1. The molecule has 0 saturated carbocycles. The van der Waals surface area contributed by atoms with E-state index in [1.54, 1.807) is 34.7 Å². The highest BCUT2D eigenvalue weighted by Crippen LogP contribution is 2.28. The molecule has 0 unspecified atom stereocenters. The van der Waals surface area contributed by atoms with Crippen LogP contribution in [0.15, 0.2) is 0 Å². The van der Waals surface area contributed by atoms with Crippen LogP contribution in [0.3, 0.4) is 0 Å². The predicted molar refractivity (Wildman–Crippen MR) is 77.3 cm³/mol. The van der Waals surface area contributed by atoms with Crippen molar-refractivity contribution in [2.24, 2.45) is 7.05 Å². The van der Waals surface area contributed by atoms with Crippen molar-refractivity contribution in [1.82, 2.24) is 15.1 Å². The van der Waals surface area contributed by atoms with E-state index < -0.39 is 23.7 Å². The maximum Gasteiger partial charge on any atom is 0.408 e. The highest BCUT2D eigenvalue weighted by atomic mass is 35.5. The molecule has 1 aromatic rings. The molecule has 1 amide bonds. The number of ether oxygens (including phenoxy) is 1. The van der Waals surface area contributed by atoms with E-state index in [2.05, 4.69) is 10.4 Å². The first kappa shape index (κ1) is 17.3. The lowest BCUT2D eigenvalue weighted by molar-refractivity contribution is -0.137. The van der Waals surface area contributed by atoms with Gasteiger partial charge in [0.25, 0.3) is 0 Å². The van der Waals surface area contributed by atoms with Crippen LogP contribution in [0.4, 0.5) is 4.79 Å². The van der Waals surface area contributed by atoms with Crippen molar-refractivity contribution >= 4 is 23.7 Å². The van der Waals surface area contributed by atoms with Gasteiger partial charge in [-0.25, -0.2) is 4.79 Å². The number of rotatable bonds is 4. The molecule has 0 aliphatic rings. The molecule has 0 fully saturated rings. The Morgan fingerprint density at radius 1 is 1.48 bits per heavy atom. The Bertz CT molecular complexity index is 548. The number of amides is 1. The lowest BCUT2D eigenvalue weighted by Crippen LogP contribution is -2.36. The first-order chi connectivity index (χ1) is 9.51. The number of carboxylic acids is 1. The van der Waals surface area contributed by atoms with Gasteiger partial charge in [-0.1, -0.05) is 11.6 Å². The van der Waals surface area contributed by atoms with Gasteiger partial charge in [0.15, 0.2) is 0 Å². The van der Waals surface area contributed by atoms with E-state index in [0.29, 0.717) is 11.3 Å². The third-order valence-electron chi connectivity index (χ3n) is 2.61.